The summed E-state index contributed by atoms with van der Waals surface area (Å²) in [5.74, 6) is -1.21. The fourth-order valence-electron chi connectivity index (χ4n) is 8.87. The first-order valence-corrected chi connectivity index (χ1v) is 19.2. The van der Waals surface area contributed by atoms with Crippen molar-refractivity contribution in [3.05, 3.63) is 82.7 Å². The van der Waals surface area contributed by atoms with Gasteiger partial charge in [-0.25, -0.2) is 14.2 Å². The molecule has 2 aliphatic heterocycles. The second-order valence-electron chi connectivity index (χ2n) is 15.5. The molecule has 0 bridgehead atoms. The van der Waals surface area contributed by atoms with Gasteiger partial charge in [0.15, 0.2) is 0 Å². The van der Waals surface area contributed by atoms with Gasteiger partial charge in [0.25, 0.3) is 5.91 Å². The molecule has 300 valence electrons. The molecule has 3 amide bonds. The van der Waals surface area contributed by atoms with E-state index in [0.29, 0.717) is 35.6 Å². The van der Waals surface area contributed by atoms with E-state index in [1.165, 1.54) is 15.2 Å². The zero-order chi connectivity index (χ0) is 40.2. The number of amides is 3. The number of fused-ring (bicyclic) bond motifs is 2. The van der Waals surface area contributed by atoms with Crippen LogP contribution >= 0.6 is 0 Å². The molecule has 13 nitrogen and oxygen atoms in total. The van der Waals surface area contributed by atoms with Gasteiger partial charge in [0.2, 0.25) is 11.8 Å². The Bertz CT molecular complexity index is 2420. The van der Waals surface area contributed by atoms with Gasteiger partial charge in [-0.15, -0.1) is 0 Å². The van der Waals surface area contributed by atoms with E-state index >= 15 is 4.39 Å². The molecule has 5 aromatic rings. The number of nitrogens with zero attached hydrogens (tertiary/aromatic N) is 7. The lowest BCUT2D eigenvalue weighted by molar-refractivity contribution is -0.141. The number of para-hydroxylation sites is 1. The molecular formula is C40H43F4N9O4. The van der Waals surface area contributed by atoms with Gasteiger partial charge in [-0.05, 0) is 94.0 Å². The van der Waals surface area contributed by atoms with E-state index in [1.54, 1.807) is 31.3 Å². The third kappa shape index (κ3) is 7.51. The lowest BCUT2D eigenvalue weighted by atomic mass is 9.85. The normalized spacial score (nSPS) is 23.4. The first-order chi connectivity index (χ1) is 27.2. The van der Waals surface area contributed by atoms with E-state index in [2.05, 4.69) is 20.5 Å². The number of anilines is 2. The maximum Gasteiger partial charge on any atom is 0.433 e. The molecule has 8 rings (SSSR count). The van der Waals surface area contributed by atoms with Crippen molar-refractivity contribution in [3.8, 4) is 0 Å². The molecular weight excluding hydrogens is 746 g/mol. The number of imide groups is 1. The average Bonchev–Trinajstić information content (AvgIpc) is 3.72. The Morgan fingerprint density at radius 1 is 1.00 bits per heavy atom. The summed E-state index contributed by atoms with van der Waals surface area (Å²) in [4.78, 5) is 58.2. The number of nitrogens with one attached hydrogen (secondary N) is 2. The smallest absolute Gasteiger partial charge is 0.367 e. The van der Waals surface area contributed by atoms with E-state index in [1.807, 2.05) is 35.0 Å². The molecule has 3 fully saturated rings. The number of piperidine rings is 2. The van der Waals surface area contributed by atoms with Crippen LogP contribution in [0.15, 0.2) is 65.6 Å². The number of benzene rings is 2. The van der Waals surface area contributed by atoms with Gasteiger partial charge in [0.1, 0.15) is 23.6 Å². The van der Waals surface area contributed by atoms with Crippen LogP contribution in [-0.2, 0) is 22.8 Å². The van der Waals surface area contributed by atoms with Crippen LogP contribution in [0.25, 0.3) is 21.9 Å². The van der Waals surface area contributed by atoms with Gasteiger partial charge >= 0.3 is 11.9 Å². The number of carbonyl (C=O) groups is 3. The summed E-state index contributed by atoms with van der Waals surface area (Å²) in [6.45, 7) is 1.53. The van der Waals surface area contributed by atoms with E-state index in [-0.39, 0.29) is 48.8 Å². The SMILES string of the molecule is CN(C[C@H]1CC[C@H](n2cc3cc(NC(=O)c4cccc(C(F)(F)F)n4)ccc3n2)CC1)C1CCN(c2cccc3c2n(C)c(=O)n3C2CCC(=O)NC2=O)CC1F. The summed E-state index contributed by atoms with van der Waals surface area (Å²) >= 11 is 0. The number of carbonyl (C=O) groups excluding carboxylic acids is 3. The number of imidazole rings is 1. The number of rotatable bonds is 8. The van der Waals surface area contributed by atoms with Crippen molar-refractivity contribution in [2.45, 2.75) is 75.4 Å². The Morgan fingerprint density at radius 2 is 1.77 bits per heavy atom. The van der Waals surface area contributed by atoms with Crippen LogP contribution in [0.4, 0.5) is 28.9 Å². The van der Waals surface area contributed by atoms with Crippen molar-refractivity contribution < 1.29 is 31.9 Å². The van der Waals surface area contributed by atoms with Gasteiger partial charge in [-0.2, -0.15) is 18.3 Å². The number of alkyl halides is 4. The molecule has 3 unspecified atom stereocenters. The van der Waals surface area contributed by atoms with Gasteiger partial charge in [-0.1, -0.05) is 12.1 Å². The third-order valence-electron chi connectivity index (χ3n) is 11.8. The number of halogens is 4. The van der Waals surface area contributed by atoms with Crippen molar-refractivity contribution in [3.63, 3.8) is 0 Å². The highest BCUT2D eigenvalue weighted by atomic mass is 19.4. The van der Waals surface area contributed by atoms with Crippen LogP contribution in [-0.4, -0.2) is 85.4 Å². The second-order valence-corrected chi connectivity index (χ2v) is 15.5. The first-order valence-electron chi connectivity index (χ1n) is 19.2. The summed E-state index contributed by atoms with van der Waals surface area (Å²) in [5, 5.41) is 10.5. The molecule has 1 aliphatic carbocycles. The molecule has 0 spiro atoms. The molecule has 3 atom stereocenters. The van der Waals surface area contributed by atoms with Crippen molar-refractivity contribution in [2.75, 3.05) is 36.9 Å². The fraction of sp³-hybridized carbons (Fsp3) is 0.450. The summed E-state index contributed by atoms with van der Waals surface area (Å²) in [5.41, 5.74) is 1.27. The Morgan fingerprint density at radius 3 is 2.51 bits per heavy atom. The molecule has 0 radical (unpaired) electrons. The monoisotopic (exact) mass is 789 g/mol. The predicted octanol–water partition coefficient (Wildman–Crippen LogP) is 5.61. The maximum absolute atomic E-state index is 16.1. The lowest BCUT2D eigenvalue weighted by Gasteiger charge is -2.42. The molecule has 1 saturated carbocycles. The van der Waals surface area contributed by atoms with Crippen molar-refractivity contribution >= 4 is 51.0 Å². The zero-order valence-electron chi connectivity index (χ0n) is 31.5. The summed E-state index contributed by atoms with van der Waals surface area (Å²) in [6.07, 6.45) is 0.827. The molecule has 17 heteroatoms. The Kier molecular flexibility index (Phi) is 10.1. The molecule has 57 heavy (non-hydrogen) atoms. The molecule has 3 aliphatic rings. The first kappa shape index (κ1) is 38.3. The second kappa shape index (κ2) is 15.1. The minimum Gasteiger partial charge on any atom is -0.367 e. The van der Waals surface area contributed by atoms with E-state index < -0.39 is 35.9 Å². The Labute approximate surface area is 324 Å². The van der Waals surface area contributed by atoms with E-state index in [0.717, 1.165) is 61.0 Å². The standard InChI is InChI=1S/C40H43F4N9O4/c1-49(30-17-18-51(22-27(30)41)31-6-4-7-32-36(31)50(2)39(57)53(32)33-15-16-35(54)47-38(33)56)20-23-9-12-26(13-10-23)52-21-24-19-25(11-14-28(24)48-52)45-37(55)29-5-3-8-34(46-29)40(42,43)44/h3-8,11,14,19,21,23,26-27,30,33H,9-10,12-13,15-18,20,22H2,1-2H3,(H,45,55)(H,47,54,56)/t23-,26-,27?,30?,33?. The largest absolute Gasteiger partial charge is 0.433 e. The van der Waals surface area contributed by atoms with Crippen LogP contribution in [0.2, 0.25) is 0 Å². The minimum atomic E-state index is -4.66. The number of pyridine rings is 1. The lowest BCUT2D eigenvalue weighted by Crippen LogP contribution is -2.52. The van der Waals surface area contributed by atoms with Crippen molar-refractivity contribution in [1.29, 1.82) is 0 Å². The third-order valence-corrected chi connectivity index (χ3v) is 11.8. The van der Waals surface area contributed by atoms with Gasteiger partial charge < -0.3 is 15.1 Å². The maximum atomic E-state index is 16.1. The number of hydrogen-bond acceptors (Lipinski definition) is 8. The highest BCUT2D eigenvalue weighted by Gasteiger charge is 2.37. The zero-order valence-corrected chi connectivity index (χ0v) is 31.5. The topological polar surface area (TPSA) is 139 Å². The molecule has 5 heterocycles. The van der Waals surface area contributed by atoms with Crippen LogP contribution < -0.4 is 21.2 Å². The molecule has 2 saturated heterocycles. The van der Waals surface area contributed by atoms with E-state index in [4.69, 9.17) is 5.10 Å². The summed E-state index contributed by atoms with van der Waals surface area (Å²) in [7, 11) is 3.64. The molecule has 2 aromatic carbocycles. The quantitative estimate of drug-likeness (QED) is 0.153. The predicted molar refractivity (Wildman–Crippen MR) is 205 cm³/mol. The van der Waals surface area contributed by atoms with Crippen molar-refractivity contribution in [1.82, 2.24) is 34.1 Å². The van der Waals surface area contributed by atoms with Gasteiger partial charge in [-0.3, -0.25) is 33.5 Å². The van der Waals surface area contributed by atoms with Crippen LogP contribution in [0, 0.1) is 5.92 Å². The van der Waals surface area contributed by atoms with Crippen molar-refractivity contribution in [2.24, 2.45) is 13.0 Å². The van der Waals surface area contributed by atoms with Crippen LogP contribution in [0.5, 0.6) is 0 Å². The minimum absolute atomic E-state index is 0.149. The highest BCUT2D eigenvalue weighted by molar-refractivity contribution is 6.04. The number of aryl methyl sites for hydroxylation is 1. The number of hydrogen-bond donors (Lipinski definition) is 2. The highest BCUT2D eigenvalue weighted by Crippen LogP contribution is 2.36. The van der Waals surface area contributed by atoms with Crippen LogP contribution in [0.1, 0.15) is 73.2 Å². The van der Waals surface area contributed by atoms with E-state index in [9.17, 15) is 32.3 Å². The summed E-state index contributed by atoms with van der Waals surface area (Å²) < 4.78 is 60.2. The molecule has 3 aromatic heterocycles. The Balaban J connectivity index is 0.862. The summed E-state index contributed by atoms with van der Waals surface area (Å²) in [6, 6.07) is 13.0. The van der Waals surface area contributed by atoms with Crippen LogP contribution in [0.3, 0.4) is 0 Å². The molecule has 2 N–H and O–H groups in total. The van der Waals surface area contributed by atoms with Gasteiger partial charge in [0.05, 0.1) is 34.8 Å². The average molecular weight is 790 g/mol. The fourth-order valence-corrected chi connectivity index (χ4v) is 8.87. The number of aromatic nitrogens is 5. The van der Waals surface area contributed by atoms with Gasteiger partial charge in [0, 0.05) is 49.9 Å². The Hall–Kier alpha value is -5.58.